The summed E-state index contributed by atoms with van der Waals surface area (Å²) in [7, 11) is 0. The van der Waals surface area contributed by atoms with Crippen LogP contribution in [-0.2, 0) is 6.42 Å². The maximum Gasteiger partial charge on any atom is 0.184 e. The zero-order chi connectivity index (χ0) is 11.8. The van der Waals surface area contributed by atoms with Crippen molar-refractivity contribution in [1.29, 1.82) is 0 Å². The van der Waals surface area contributed by atoms with E-state index in [-0.39, 0.29) is 0 Å². The fourth-order valence-corrected chi connectivity index (χ4v) is 2.87. The molecule has 3 heterocycles. The van der Waals surface area contributed by atoms with Gasteiger partial charge in [0.25, 0.3) is 0 Å². The lowest BCUT2D eigenvalue weighted by atomic mass is 10.3. The van der Waals surface area contributed by atoms with Gasteiger partial charge in [0.15, 0.2) is 5.65 Å². The van der Waals surface area contributed by atoms with Crippen molar-refractivity contribution < 1.29 is 0 Å². The Hall–Kier alpha value is -1.40. The van der Waals surface area contributed by atoms with E-state index in [1.54, 1.807) is 11.3 Å². The lowest BCUT2D eigenvalue weighted by Crippen LogP contribution is -1.97. The second kappa shape index (κ2) is 4.12. The van der Waals surface area contributed by atoms with E-state index in [9.17, 15) is 0 Å². The third kappa shape index (κ3) is 1.94. The molecule has 0 atom stereocenters. The van der Waals surface area contributed by atoms with Crippen LogP contribution >= 0.6 is 27.3 Å². The van der Waals surface area contributed by atoms with Crippen molar-refractivity contribution in [2.24, 2.45) is 0 Å². The maximum absolute atomic E-state index is 5.89. The van der Waals surface area contributed by atoms with Gasteiger partial charge < -0.3 is 5.73 Å². The molecule has 4 nitrogen and oxygen atoms in total. The molecular weight excluding hydrogens is 300 g/mol. The van der Waals surface area contributed by atoms with Crippen molar-refractivity contribution in [3.8, 4) is 0 Å². The molecule has 0 aliphatic carbocycles. The molecule has 3 aromatic heterocycles. The highest BCUT2D eigenvalue weighted by Crippen LogP contribution is 2.21. The van der Waals surface area contributed by atoms with E-state index in [1.165, 1.54) is 4.88 Å². The summed E-state index contributed by atoms with van der Waals surface area (Å²) in [4.78, 5) is 1.26. The molecule has 0 aliphatic heterocycles. The quantitative estimate of drug-likeness (QED) is 0.792. The first-order chi connectivity index (χ1) is 8.24. The summed E-state index contributed by atoms with van der Waals surface area (Å²) < 4.78 is 2.86. The first-order valence-electron chi connectivity index (χ1n) is 5.05. The van der Waals surface area contributed by atoms with E-state index in [1.807, 2.05) is 22.7 Å². The molecule has 0 aromatic carbocycles. The van der Waals surface area contributed by atoms with Crippen molar-refractivity contribution in [3.63, 3.8) is 0 Å². The number of hydrogen-bond acceptors (Lipinski definition) is 4. The largest absolute Gasteiger partial charge is 0.396 e. The summed E-state index contributed by atoms with van der Waals surface area (Å²) in [5.41, 5.74) is 7.23. The summed E-state index contributed by atoms with van der Waals surface area (Å²) in [6.45, 7) is 0. The average Bonchev–Trinajstić information content (AvgIpc) is 2.89. The van der Waals surface area contributed by atoms with Gasteiger partial charge in [-0.1, -0.05) is 6.07 Å². The molecule has 0 fully saturated rings. The van der Waals surface area contributed by atoms with Crippen LogP contribution in [-0.4, -0.2) is 14.6 Å². The fourth-order valence-electron chi connectivity index (χ4n) is 1.72. The van der Waals surface area contributed by atoms with Gasteiger partial charge in [-0.05, 0) is 33.4 Å². The number of pyridine rings is 1. The van der Waals surface area contributed by atoms with E-state index >= 15 is 0 Å². The van der Waals surface area contributed by atoms with Gasteiger partial charge in [-0.15, -0.1) is 21.5 Å². The van der Waals surface area contributed by atoms with Crippen LogP contribution in [0.1, 0.15) is 10.7 Å². The predicted octanol–water partition coefficient (Wildman–Crippen LogP) is 2.73. The predicted molar refractivity (Wildman–Crippen MR) is 72.2 cm³/mol. The first-order valence-corrected chi connectivity index (χ1v) is 6.72. The Kier molecular flexibility index (Phi) is 2.60. The topological polar surface area (TPSA) is 56.2 Å². The average molecular weight is 309 g/mol. The molecule has 0 aliphatic rings. The van der Waals surface area contributed by atoms with E-state index < -0.39 is 0 Å². The van der Waals surface area contributed by atoms with E-state index in [4.69, 9.17) is 5.73 Å². The molecule has 3 aromatic rings. The van der Waals surface area contributed by atoms with Gasteiger partial charge in [0.2, 0.25) is 0 Å². The number of nitrogens with zero attached hydrogens (tertiary/aromatic N) is 3. The van der Waals surface area contributed by atoms with Crippen LogP contribution in [0.5, 0.6) is 0 Å². The number of halogens is 1. The summed E-state index contributed by atoms with van der Waals surface area (Å²) in [6, 6.07) is 5.96. The van der Waals surface area contributed by atoms with Crippen LogP contribution in [0.4, 0.5) is 5.69 Å². The lowest BCUT2D eigenvalue weighted by Gasteiger charge is -2.01. The second-order valence-corrected chi connectivity index (χ2v) is 5.63. The van der Waals surface area contributed by atoms with Gasteiger partial charge in [0, 0.05) is 22.0 Å². The fraction of sp³-hybridized carbons (Fsp3) is 0.0909. The highest BCUT2D eigenvalue weighted by atomic mass is 79.9. The number of thiophene rings is 1. The number of hydrogen-bond donors (Lipinski definition) is 1. The van der Waals surface area contributed by atoms with Crippen LogP contribution in [0.25, 0.3) is 5.65 Å². The van der Waals surface area contributed by atoms with Crippen LogP contribution in [0.2, 0.25) is 0 Å². The minimum Gasteiger partial charge on any atom is -0.396 e. The Morgan fingerprint density at radius 2 is 2.29 bits per heavy atom. The molecule has 0 spiro atoms. The Morgan fingerprint density at radius 1 is 1.41 bits per heavy atom. The molecule has 0 unspecified atom stereocenters. The molecule has 86 valence electrons. The second-order valence-electron chi connectivity index (χ2n) is 3.68. The van der Waals surface area contributed by atoms with E-state index in [2.05, 4.69) is 37.6 Å². The Labute approximate surface area is 110 Å². The summed E-state index contributed by atoms with van der Waals surface area (Å²) in [6.07, 6.45) is 2.71. The SMILES string of the molecule is Nc1cc(Br)cn2c(Cc3cccs3)nnc12. The molecule has 6 heteroatoms. The Bertz CT molecular complexity index is 659. The summed E-state index contributed by atoms with van der Waals surface area (Å²) in [5.74, 6) is 0.899. The lowest BCUT2D eigenvalue weighted by molar-refractivity contribution is 0.943. The van der Waals surface area contributed by atoms with Gasteiger partial charge in [-0.2, -0.15) is 0 Å². The Morgan fingerprint density at radius 3 is 3.06 bits per heavy atom. The first kappa shape index (κ1) is 10.7. The monoisotopic (exact) mass is 308 g/mol. The summed E-state index contributed by atoms with van der Waals surface area (Å²) >= 11 is 5.14. The minimum absolute atomic E-state index is 0.629. The maximum atomic E-state index is 5.89. The van der Waals surface area contributed by atoms with Crippen molar-refractivity contribution in [2.75, 3.05) is 5.73 Å². The van der Waals surface area contributed by atoms with Gasteiger partial charge in [0.1, 0.15) is 5.82 Å². The number of nitrogens with two attached hydrogens (primary N) is 1. The highest BCUT2D eigenvalue weighted by Gasteiger charge is 2.09. The highest BCUT2D eigenvalue weighted by molar-refractivity contribution is 9.10. The summed E-state index contributed by atoms with van der Waals surface area (Å²) in [5, 5.41) is 10.4. The van der Waals surface area contributed by atoms with E-state index in [0.29, 0.717) is 11.3 Å². The third-order valence-electron chi connectivity index (χ3n) is 2.48. The number of aromatic nitrogens is 3. The van der Waals surface area contributed by atoms with Crippen LogP contribution < -0.4 is 5.73 Å². The smallest absolute Gasteiger partial charge is 0.184 e. The number of nitrogen functional groups attached to an aromatic ring is 1. The van der Waals surface area contributed by atoms with Gasteiger partial charge in [-0.25, -0.2) is 0 Å². The van der Waals surface area contributed by atoms with E-state index in [0.717, 1.165) is 16.7 Å². The van der Waals surface area contributed by atoms with Gasteiger partial charge in [0.05, 0.1) is 5.69 Å². The normalized spacial score (nSPS) is 11.1. The molecule has 0 radical (unpaired) electrons. The molecule has 2 N–H and O–H groups in total. The molecule has 0 amide bonds. The van der Waals surface area contributed by atoms with Crippen LogP contribution in [0.3, 0.4) is 0 Å². The number of fused-ring (bicyclic) bond motifs is 1. The van der Waals surface area contributed by atoms with Crippen molar-refractivity contribution in [1.82, 2.24) is 14.6 Å². The van der Waals surface area contributed by atoms with Crippen LogP contribution in [0, 0.1) is 0 Å². The molecule has 0 saturated carbocycles. The van der Waals surface area contributed by atoms with Gasteiger partial charge in [-0.3, -0.25) is 4.40 Å². The zero-order valence-electron chi connectivity index (χ0n) is 8.80. The molecule has 0 saturated heterocycles. The standard InChI is InChI=1S/C11H9BrN4S/c12-7-4-9(13)11-15-14-10(16(11)6-7)5-8-2-1-3-17-8/h1-4,6H,5,13H2. The zero-order valence-corrected chi connectivity index (χ0v) is 11.2. The Balaban J connectivity index is 2.11. The van der Waals surface area contributed by atoms with Crippen molar-refractivity contribution >= 4 is 38.6 Å². The molecule has 17 heavy (non-hydrogen) atoms. The van der Waals surface area contributed by atoms with Crippen molar-refractivity contribution in [3.05, 3.63) is 45.0 Å². The van der Waals surface area contributed by atoms with Gasteiger partial charge >= 0.3 is 0 Å². The minimum atomic E-state index is 0.629. The molecular formula is C11H9BrN4S. The van der Waals surface area contributed by atoms with Crippen LogP contribution in [0.15, 0.2) is 34.2 Å². The third-order valence-corrected chi connectivity index (χ3v) is 3.79. The number of anilines is 1. The molecule has 0 bridgehead atoms. The number of rotatable bonds is 2. The van der Waals surface area contributed by atoms with Crippen molar-refractivity contribution in [2.45, 2.75) is 6.42 Å². The molecule has 3 rings (SSSR count).